The molecule has 0 unspecified atom stereocenters. The SMILES string of the molecule is C[C@@H]1C[C@H](N(C)CCOC(=O)N[C@@H]2CCc3ccccc32)[C@@H](O)[C@H](O)O1. The van der Waals surface area contributed by atoms with Crippen molar-refractivity contribution >= 4 is 6.09 Å². The highest BCUT2D eigenvalue weighted by molar-refractivity contribution is 5.68. The Hall–Kier alpha value is -1.67. The summed E-state index contributed by atoms with van der Waals surface area (Å²) in [6, 6.07) is 7.89. The number of nitrogens with one attached hydrogen (secondary N) is 1. The normalized spacial score (nSPS) is 30.9. The van der Waals surface area contributed by atoms with Crippen molar-refractivity contribution in [2.75, 3.05) is 20.2 Å². The van der Waals surface area contributed by atoms with Crippen LogP contribution in [0.2, 0.25) is 0 Å². The smallest absolute Gasteiger partial charge is 0.407 e. The zero-order chi connectivity index (χ0) is 18.7. The standard InChI is InChI=1S/C19H28N2O5/c1-12-11-16(17(22)18(23)26-12)21(2)9-10-25-19(24)20-15-8-7-13-5-3-4-6-14(13)15/h3-6,12,15-18,22-23H,7-11H2,1-2H3,(H,20,24)/t12-,15-,16+,17-,18-/m1/s1. The largest absolute Gasteiger partial charge is 0.448 e. The van der Waals surface area contributed by atoms with Crippen LogP contribution in [0.5, 0.6) is 0 Å². The highest BCUT2D eigenvalue weighted by Crippen LogP contribution is 2.30. The predicted molar refractivity (Wildman–Crippen MR) is 95.6 cm³/mol. The van der Waals surface area contributed by atoms with Crippen LogP contribution in [-0.4, -0.2) is 65.9 Å². The van der Waals surface area contributed by atoms with Gasteiger partial charge in [0.1, 0.15) is 12.7 Å². The fourth-order valence-electron chi connectivity index (χ4n) is 3.82. The number of hydrogen-bond acceptors (Lipinski definition) is 6. The van der Waals surface area contributed by atoms with E-state index in [1.165, 1.54) is 5.56 Å². The van der Waals surface area contributed by atoms with E-state index in [1.807, 2.05) is 37.1 Å². The first-order valence-corrected chi connectivity index (χ1v) is 9.18. The molecule has 0 aromatic heterocycles. The maximum Gasteiger partial charge on any atom is 0.407 e. The van der Waals surface area contributed by atoms with Crippen molar-refractivity contribution in [3.05, 3.63) is 35.4 Å². The minimum Gasteiger partial charge on any atom is -0.448 e. The number of hydrogen-bond donors (Lipinski definition) is 3. The predicted octanol–water partition coefficient (Wildman–Crippen LogP) is 1.19. The van der Waals surface area contributed by atoms with Gasteiger partial charge in [-0.3, -0.25) is 4.90 Å². The van der Waals surface area contributed by atoms with Crippen LogP contribution in [0.1, 0.15) is 36.9 Å². The molecule has 3 N–H and O–H groups in total. The van der Waals surface area contributed by atoms with Gasteiger partial charge >= 0.3 is 6.09 Å². The van der Waals surface area contributed by atoms with Gasteiger partial charge in [-0.1, -0.05) is 24.3 Å². The summed E-state index contributed by atoms with van der Waals surface area (Å²) < 4.78 is 10.5. The molecule has 2 aliphatic rings. The molecule has 0 spiro atoms. The summed E-state index contributed by atoms with van der Waals surface area (Å²) in [5.74, 6) is 0. The summed E-state index contributed by atoms with van der Waals surface area (Å²) >= 11 is 0. The molecule has 0 bridgehead atoms. The molecule has 1 heterocycles. The van der Waals surface area contributed by atoms with Gasteiger partial charge in [-0.2, -0.15) is 0 Å². The molecular weight excluding hydrogens is 336 g/mol. The summed E-state index contributed by atoms with van der Waals surface area (Å²) in [4.78, 5) is 14.0. The van der Waals surface area contributed by atoms with Gasteiger partial charge in [-0.25, -0.2) is 4.79 Å². The average molecular weight is 364 g/mol. The molecule has 0 radical (unpaired) electrons. The van der Waals surface area contributed by atoms with Gasteiger partial charge < -0.3 is 25.0 Å². The van der Waals surface area contributed by atoms with Crippen molar-refractivity contribution in [1.29, 1.82) is 0 Å². The summed E-state index contributed by atoms with van der Waals surface area (Å²) in [7, 11) is 1.84. The molecule has 7 heteroatoms. The highest BCUT2D eigenvalue weighted by Gasteiger charge is 2.37. The molecule has 0 saturated carbocycles. The van der Waals surface area contributed by atoms with Crippen molar-refractivity contribution in [2.24, 2.45) is 0 Å². The lowest BCUT2D eigenvalue weighted by atomic mass is 9.99. The number of fused-ring (bicyclic) bond motifs is 1. The van der Waals surface area contributed by atoms with E-state index in [9.17, 15) is 15.0 Å². The van der Waals surface area contributed by atoms with Gasteiger partial charge in [-0.15, -0.1) is 0 Å². The van der Waals surface area contributed by atoms with Crippen LogP contribution in [0.4, 0.5) is 4.79 Å². The number of rotatable bonds is 5. The molecule has 5 atom stereocenters. The second-order valence-electron chi connectivity index (χ2n) is 7.18. The van der Waals surface area contributed by atoms with Crippen LogP contribution in [0.15, 0.2) is 24.3 Å². The summed E-state index contributed by atoms with van der Waals surface area (Å²) in [5.41, 5.74) is 2.44. The van der Waals surface area contributed by atoms with Gasteiger partial charge in [0, 0.05) is 12.6 Å². The van der Waals surface area contributed by atoms with Crippen LogP contribution in [0.25, 0.3) is 0 Å². The van der Waals surface area contributed by atoms with E-state index in [0.29, 0.717) is 13.0 Å². The Balaban J connectivity index is 1.42. The van der Waals surface area contributed by atoms with Gasteiger partial charge in [0.05, 0.1) is 12.1 Å². The zero-order valence-electron chi connectivity index (χ0n) is 15.3. The number of alkyl carbamates (subject to hydrolysis) is 1. The molecule has 144 valence electrons. The quantitative estimate of drug-likeness (QED) is 0.727. The number of carbonyl (C=O) groups excluding carboxylic acids is 1. The van der Waals surface area contributed by atoms with Crippen LogP contribution >= 0.6 is 0 Å². The van der Waals surface area contributed by atoms with Crippen LogP contribution in [0, 0.1) is 0 Å². The number of amides is 1. The first-order valence-electron chi connectivity index (χ1n) is 9.18. The lowest BCUT2D eigenvalue weighted by molar-refractivity contribution is -0.231. The Morgan fingerprint density at radius 3 is 2.96 bits per heavy atom. The van der Waals surface area contributed by atoms with Gasteiger partial charge in [0.15, 0.2) is 6.29 Å². The Morgan fingerprint density at radius 1 is 1.38 bits per heavy atom. The van der Waals surface area contributed by atoms with Crippen LogP contribution in [0.3, 0.4) is 0 Å². The maximum absolute atomic E-state index is 12.1. The lowest BCUT2D eigenvalue weighted by Crippen LogP contribution is -2.54. The number of benzene rings is 1. The third kappa shape index (κ3) is 4.35. The second kappa shape index (κ2) is 8.35. The molecular formula is C19H28N2O5. The highest BCUT2D eigenvalue weighted by atomic mass is 16.6. The van der Waals surface area contributed by atoms with Crippen molar-refractivity contribution in [1.82, 2.24) is 10.2 Å². The van der Waals surface area contributed by atoms with E-state index in [2.05, 4.69) is 11.4 Å². The number of ether oxygens (including phenoxy) is 2. The molecule has 1 aliphatic carbocycles. The van der Waals surface area contributed by atoms with Crippen molar-refractivity contribution in [3.63, 3.8) is 0 Å². The molecule has 7 nitrogen and oxygen atoms in total. The number of aliphatic hydroxyl groups excluding tert-OH is 2. The average Bonchev–Trinajstić information content (AvgIpc) is 3.01. The van der Waals surface area contributed by atoms with E-state index in [1.54, 1.807) is 0 Å². The first-order chi connectivity index (χ1) is 12.5. The maximum atomic E-state index is 12.1. The van der Waals surface area contributed by atoms with E-state index in [4.69, 9.17) is 9.47 Å². The second-order valence-corrected chi connectivity index (χ2v) is 7.18. The summed E-state index contributed by atoms with van der Waals surface area (Å²) in [5, 5.41) is 22.7. The first kappa shape index (κ1) is 19.1. The third-order valence-electron chi connectivity index (χ3n) is 5.30. The number of likely N-dealkylation sites (N-methyl/N-ethyl adjacent to an activating group) is 1. The number of carbonyl (C=O) groups is 1. The topological polar surface area (TPSA) is 91.3 Å². The monoisotopic (exact) mass is 364 g/mol. The van der Waals surface area contributed by atoms with Crippen molar-refractivity contribution in [2.45, 2.75) is 56.8 Å². The third-order valence-corrected chi connectivity index (χ3v) is 5.30. The number of aryl methyl sites for hydroxylation is 1. The molecule has 1 aromatic carbocycles. The van der Waals surface area contributed by atoms with E-state index in [0.717, 1.165) is 18.4 Å². The molecule has 1 aromatic rings. The lowest BCUT2D eigenvalue weighted by Gasteiger charge is -2.40. The Morgan fingerprint density at radius 2 is 2.15 bits per heavy atom. The Kier molecular flexibility index (Phi) is 6.13. The summed E-state index contributed by atoms with van der Waals surface area (Å²) in [6.07, 6.45) is -0.254. The van der Waals surface area contributed by atoms with Crippen LogP contribution < -0.4 is 5.32 Å². The van der Waals surface area contributed by atoms with Gasteiger partial charge in [-0.05, 0) is 44.4 Å². The van der Waals surface area contributed by atoms with E-state index in [-0.39, 0.29) is 24.8 Å². The van der Waals surface area contributed by atoms with Crippen molar-refractivity contribution in [3.8, 4) is 0 Å². The molecule has 3 rings (SSSR count). The minimum atomic E-state index is -1.18. The molecule has 26 heavy (non-hydrogen) atoms. The molecule has 1 aliphatic heterocycles. The fourth-order valence-corrected chi connectivity index (χ4v) is 3.82. The minimum absolute atomic E-state index is 0.00439. The van der Waals surface area contributed by atoms with Gasteiger partial charge in [0.25, 0.3) is 0 Å². The van der Waals surface area contributed by atoms with E-state index < -0.39 is 18.5 Å². The number of aliphatic hydroxyl groups is 2. The molecule has 1 amide bonds. The molecule has 1 fully saturated rings. The zero-order valence-corrected chi connectivity index (χ0v) is 15.3. The van der Waals surface area contributed by atoms with Crippen LogP contribution in [-0.2, 0) is 15.9 Å². The van der Waals surface area contributed by atoms with Gasteiger partial charge in [0.2, 0.25) is 0 Å². The van der Waals surface area contributed by atoms with Crippen molar-refractivity contribution < 1.29 is 24.5 Å². The fraction of sp³-hybridized carbons (Fsp3) is 0.632. The Bertz CT molecular complexity index is 626. The summed E-state index contributed by atoms with van der Waals surface area (Å²) in [6.45, 7) is 2.54. The van der Waals surface area contributed by atoms with E-state index >= 15 is 0 Å². The molecule has 1 saturated heterocycles. The Labute approximate surface area is 153 Å². The number of nitrogens with zero attached hydrogens (tertiary/aromatic N) is 1.